The molecule has 0 radical (unpaired) electrons. The summed E-state index contributed by atoms with van der Waals surface area (Å²) in [6, 6.07) is 12.8. The van der Waals surface area contributed by atoms with E-state index in [-0.39, 0.29) is 36.8 Å². The zero-order valence-corrected chi connectivity index (χ0v) is 22.2. The van der Waals surface area contributed by atoms with Gasteiger partial charge >= 0.3 is 0 Å². The Hall–Kier alpha value is -2.45. The number of rotatable bonds is 9. The first-order valence-electron chi connectivity index (χ1n) is 11.7. The molecule has 2 amide bonds. The zero-order chi connectivity index (χ0) is 25.7. The smallest absolute Gasteiger partial charge is 0.254 e. The third-order valence-electron chi connectivity index (χ3n) is 6.11. The molecule has 36 heavy (non-hydrogen) atoms. The first-order valence-corrected chi connectivity index (χ1v) is 13.3. The van der Waals surface area contributed by atoms with Gasteiger partial charge in [0, 0.05) is 40.2 Å². The number of nitrogens with zero attached hydrogens (tertiary/aromatic N) is 2. The molecular formula is C27H27Cl2FN2O3S. The molecule has 2 aromatic carbocycles. The molecule has 1 aromatic heterocycles. The quantitative estimate of drug-likeness (QED) is 0.313. The van der Waals surface area contributed by atoms with Crippen LogP contribution in [-0.2, 0) is 22.6 Å². The second-order valence-corrected chi connectivity index (χ2v) is 10.8. The van der Waals surface area contributed by atoms with E-state index in [9.17, 15) is 14.0 Å². The van der Waals surface area contributed by atoms with E-state index >= 15 is 0 Å². The maximum Gasteiger partial charge on any atom is 0.254 e. The molecule has 0 spiro atoms. The Morgan fingerprint density at radius 2 is 1.78 bits per heavy atom. The summed E-state index contributed by atoms with van der Waals surface area (Å²) in [6.45, 7) is 3.48. The monoisotopic (exact) mass is 548 g/mol. The van der Waals surface area contributed by atoms with Gasteiger partial charge < -0.3 is 14.5 Å². The van der Waals surface area contributed by atoms with Gasteiger partial charge in [-0.15, -0.1) is 11.3 Å². The van der Waals surface area contributed by atoms with Gasteiger partial charge in [0.05, 0.1) is 12.6 Å². The SMILES string of the molecule is Cc1ccsc1CN(Cc1ccc(F)cc1)C(=O)CN(CC1CCCO1)C(=O)c1cc(Cl)cc(Cl)c1. The van der Waals surface area contributed by atoms with Crippen molar-refractivity contribution in [3.8, 4) is 0 Å². The van der Waals surface area contributed by atoms with Crippen molar-refractivity contribution in [3.63, 3.8) is 0 Å². The molecule has 3 aromatic rings. The lowest BCUT2D eigenvalue weighted by Crippen LogP contribution is -2.45. The first-order chi connectivity index (χ1) is 17.3. The van der Waals surface area contributed by atoms with Crippen LogP contribution in [0.5, 0.6) is 0 Å². The van der Waals surface area contributed by atoms with Crippen molar-refractivity contribution in [1.82, 2.24) is 9.80 Å². The van der Waals surface area contributed by atoms with Crippen LogP contribution in [0.1, 0.15) is 39.2 Å². The highest BCUT2D eigenvalue weighted by Crippen LogP contribution is 2.23. The van der Waals surface area contributed by atoms with Crippen LogP contribution in [-0.4, -0.2) is 47.4 Å². The molecular weight excluding hydrogens is 522 g/mol. The number of hydrogen-bond acceptors (Lipinski definition) is 4. The van der Waals surface area contributed by atoms with Gasteiger partial charge in [0.2, 0.25) is 5.91 Å². The van der Waals surface area contributed by atoms with Crippen LogP contribution in [0.3, 0.4) is 0 Å². The highest BCUT2D eigenvalue weighted by molar-refractivity contribution is 7.10. The minimum atomic E-state index is -0.336. The van der Waals surface area contributed by atoms with E-state index in [4.69, 9.17) is 27.9 Å². The summed E-state index contributed by atoms with van der Waals surface area (Å²) in [4.78, 5) is 31.5. The molecule has 5 nitrogen and oxygen atoms in total. The molecule has 0 bridgehead atoms. The third kappa shape index (κ3) is 7.07. The lowest BCUT2D eigenvalue weighted by atomic mass is 10.1. The lowest BCUT2D eigenvalue weighted by Gasteiger charge is -2.29. The molecule has 1 aliphatic heterocycles. The molecule has 4 rings (SSSR count). The van der Waals surface area contributed by atoms with Gasteiger partial charge in [0.25, 0.3) is 5.91 Å². The van der Waals surface area contributed by atoms with Crippen LogP contribution in [0, 0.1) is 12.7 Å². The van der Waals surface area contributed by atoms with Crippen LogP contribution in [0.4, 0.5) is 4.39 Å². The van der Waals surface area contributed by atoms with E-state index in [1.807, 2.05) is 18.4 Å². The van der Waals surface area contributed by atoms with E-state index in [1.54, 1.807) is 46.6 Å². The number of amides is 2. The number of aryl methyl sites for hydroxylation is 1. The average Bonchev–Trinajstić information content (AvgIpc) is 3.50. The Bertz CT molecular complexity index is 1190. The third-order valence-corrected chi connectivity index (χ3v) is 7.56. The first kappa shape index (κ1) is 26.6. The van der Waals surface area contributed by atoms with E-state index < -0.39 is 0 Å². The van der Waals surface area contributed by atoms with Gasteiger partial charge in [-0.05, 0) is 72.7 Å². The maximum atomic E-state index is 13.7. The fourth-order valence-electron chi connectivity index (χ4n) is 4.16. The standard InChI is InChI=1S/C27H27Cl2FN2O3S/c1-18-8-10-36-25(18)16-31(14-19-4-6-23(30)7-5-19)26(33)17-32(15-24-3-2-9-35-24)27(34)20-11-21(28)13-22(29)12-20/h4-8,10-13,24H,2-3,9,14-17H2,1H3. The van der Waals surface area contributed by atoms with Crippen LogP contribution >= 0.6 is 34.5 Å². The van der Waals surface area contributed by atoms with Crippen LogP contribution < -0.4 is 0 Å². The number of carbonyl (C=O) groups is 2. The Labute approximate surface area is 224 Å². The van der Waals surface area contributed by atoms with Crippen LogP contribution in [0.25, 0.3) is 0 Å². The number of benzene rings is 2. The number of carbonyl (C=O) groups excluding carboxylic acids is 2. The van der Waals surface area contributed by atoms with Crippen molar-refractivity contribution in [1.29, 1.82) is 0 Å². The second-order valence-electron chi connectivity index (χ2n) is 8.88. The van der Waals surface area contributed by atoms with E-state index in [0.29, 0.717) is 35.3 Å². The Kier molecular flexibility index (Phi) is 9.01. The molecule has 1 atom stereocenters. The largest absolute Gasteiger partial charge is 0.376 e. The van der Waals surface area contributed by atoms with Gasteiger partial charge in [0.15, 0.2) is 0 Å². The Morgan fingerprint density at radius 3 is 2.39 bits per heavy atom. The maximum absolute atomic E-state index is 13.7. The van der Waals surface area contributed by atoms with Crippen LogP contribution in [0.15, 0.2) is 53.9 Å². The summed E-state index contributed by atoms with van der Waals surface area (Å²) in [6.07, 6.45) is 1.60. The van der Waals surface area contributed by atoms with Crippen molar-refractivity contribution in [3.05, 3.63) is 91.3 Å². The lowest BCUT2D eigenvalue weighted by molar-refractivity contribution is -0.133. The number of thiophene rings is 1. The summed E-state index contributed by atoms with van der Waals surface area (Å²) in [5.41, 5.74) is 2.22. The Balaban J connectivity index is 1.58. The van der Waals surface area contributed by atoms with Gasteiger partial charge in [-0.3, -0.25) is 9.59 Å². The molecule has 1 unspecified atom stereocenters. The van der Waals surface area contributed by atoms with Gasteiger partial charge in [0.1, 0.15) is 12.4 Å². The van der Waals surface area contributed by atoms with Gasteiger partial charge in [-0.2, -0.15) is 0 Å². The predicted octanol–water partition coefficient (Wildman–Crippen LogP) is 6.35. The van der Waals surface area contributed by atoms with Crippen molar-refractivity contribution < 1.29 is 18.7 Å². The van der Waals surface area contributed by atoms with Crippen molar-refractivity contribution in [2.75, 3.05) is 19.7 Å². The van der Waals surface area contributed by atoms with Gasteiger partial charge in [-0.25, -0.2) is 4.39 Å². The number of hydrogen-bond donors (Lipinski definition) is 0. The fraction of sp³-hybridized carbons (Fsp3) is 0.333. The molecule has 0 saturated carbocycles. The van der Waals surface area contributed by atoms with Crippen molar-refractivity contribution in [2.45, 2.75) is 39.0 Å². The minimum absolute atomic E-state index is 0.131. The predicted molar refractivity (Wildman–Crippen MR) is 141 cm³/mol. The van der Waals surface area contributed by atoms with E-state index in [1.165, 1.54) is 17.0 Å². The summed E-state index contributed by atoms with van der Waals surface area (Å²) in [7, 11) is 0. The molecule has 190 valence electrons. The molecule has 1 fully saturated rings. The van der Waals surface area contributed by atoms with Crippen LogP contribution in [0.2, 0.25) is 10.0 Å². The normalized spacial score (nSPS) is 15.2. The molecule has 1 aliphatic rings. The number of halogens is 3. The van der Waals surface area contributed by atoms with Crippen molar-refractivity contribution in [2.24, 2.45) is 0 Å². The summed E-state index contributed by atoms with van der Waals surface area (Å²) in [5, 5.41) is 2.68. The minimum Gasteiger partial charge on any atom is -0.376 e. The fourth-order valence-corrected chi connectivity index (χ4v) is 5.61. The molecule has 2 heterocycles. The number of ether oxygens (including phenoxy) is 1. The van der Waals surface area contributed by atoms with E-state index in [2.05, 4.69) is 0 Å². The average molecular weight is 549 g/mol. The summed E-state index contributed by atoms with van der Waals surface area (Å²) >= 11 is 13.9. The second kappa shape index (κ2) is 12.2. The topological polar surface area (TPSA) is 49.9 Å². The summed E-state index contributed by atoms with van der Waals surface area (Å²) in [5.74, 6) is -0.886. The zero-order valence-electron chi connectivity index (χ0n) is 19.9. The molecule has 1 saturated heterocycles. The Morgan fingerprint density at radius 1 is 1.06 bits per heavy atom. The highest BCUT2D eigenvalue weighted by atomic mass is 35.5. The molecule has 9 heteroatoms. The molecule has 0 N–H and O–H groups in total. The summed E-state index contributed by atoms with van der Waals surface area (Å²) < 4.78 is 19.2. The van der Waals surface area contributed by atoms with Gasteiger partial charge in [-0.1, -0.05) is 35.3 Å². The van der Waals surface area contributed by atoms with Crippen molar-refractivity contribution >= 4 is 46.4 Å². The van der Waals surface area contributed by atoms with E-state index in [0.717, 1.165) is 28.8 Å². The highest BCUT2D eigenvalue weighted by Gasteiger charge is 2.28. The molecule has 0 aliphatic carbocycles.